The number of carbonyl (C=O) groups excluding carboxylic acids is 1. The van der Waals surface area contributed by atoms with Crippen molar-refractivity contribution < 1.29 is 4.79 Å². The van der Waals surface area contributed by atoms with Gasteiger partial charge in [0.2, 0.25) is 5.91 Å². The molecule has 0 aliphatic rings. The molecule has 0 aliphatic carbocycles. The van der Waals surface area contributed by atoms with Gasteiger partial charge in [-0.25, -0.2) is 4.98 Å². The van der Waals surface area contributed by atoms with Crippen LogP contribution >= 0.6 is 0 Å². The van der Waals surface area contributed by atoms with Crippen molar-refractivity contribution in [1.82, 2.24) is 19.2 Å². The molecule has 2 aromatic rings. The highest BCUT2D eigenvalue weighted by Crippen LogP contribution is 2.05. The Kier molecular flexibility index (Phi) is 5.50. The minimum absolute atomic E-state index is 0.0888. The van der Waals surface area contributed by atoms with Crippen LogP contribution in [-0.2, 0) is 11.3 Å². The Morgan fingerprint density at radius 3 is 2.61 bits per heavy atom. The average molecular weight is 316 g/mol. The van der Waals surface area contributed by atoms with E-state index in [9.17, 15) is 9.59 Å². The molecule has 0 saturated carbocycles. The molecule has 0 aromatic carbocycles. The molecule has 0 spiro atoms. The van der Waals surface area contributed by atoms with Gasteiger partial charge in [-0.1, -0.05) is 6.07 Å². The third kappa shape index (κ3) is 3.96. The summed E-state index contributed by atoms with van der Waals surface area (Å²) in [4.78, 5) is 32.6. The topological polar surface area (TPSA) is 57.9 Å². The molecule has 6 nitrogen and oxygen atoms in total. The van der Waals surface area contributed by atoms with Crippen molar-refractivity contribution in [3.8, 4) is 0 Å². The minimum atomic E-state index is -0.0911. The van der Waals surface area contributed by atoms with Gasteiger partial charge in [-0.3, -0.25) is 18.9 Å². The van der Waals surface area contributed by atoms with Crippen LogP contribution in [0.5, 0.6) is 0 Å². The lowest BCUT2D eigenvalue weighted by Crippen LogP contribution is -2.38. The van der Waals surface area contributed by atoms with Gasteiger partial charge in [-0.05, 0) is 40.0 Å². The van der Waals surface area contributed by atoms with E-state index in [0.29, 0.717) is 37.5 Å². The first kappa shape index (κ1) is 17.1. The number of fused-ring (bicyclic) bond motifs is 1. The van der Waals surface area contributed by atoms with Gasteiger partial charge in [0, 0.05) is 31.4 Å². The summed E-state index contributed by atoms with van der Waals surface area (Å²) in [6.07, 6.45) is 0. The van der Waals surface area contributed by atoms with Crippen LogP contribution < -0.4 is 5.56 Å². The lowest BCUT2D eigenvalue weighted by Gasteiger charge is -2.22. The van der Waals surface area contributed by atoms with Crippen molar-refractivity contribution in [3.05, 3.63) is 46.0 Å². The van der Waals surface area contributed by atoms with Crippen LogP contribution in [0.4, 0.5) is 0 Å². The van der Waals surface area contributed by atoms with Crippen molar-refractivity contribution in [3.63, 3.8) is 0 Å². The predicted molar refractivity (Wildman–Crippen MR) is 90.5 cm³/mol. The molecule has 0 saturated heterocycles. The van der Waals surface area contributed by atoms with Gasteiger partial charge in [-0.2, -0.15) is 0 Å². The quantitative estimate of drug-likeness (QED) is 0.806. The standard InChI is InChI=1S/C17H24N4O2/c1-5-20(6-2)17(23)12-19(4)11-14-10-16(22)21-13(3)8-7-9-15(21)18-14/h7-10H,5-6,11-12H2,1-4H3. The summed E-state index contributed by atoms with van der Waals surface area (Å²) in [5.74, 6) is 0.0888. The van der Waals surface area contributed by atoms with Crippen LogP contribution in [0, 0.1) is 6.92 Å². The zero-order valence-corrected chi connectivity index (χ0v) is 14.2. The largest absolute Gasteiger partial charge is 0.342 e. The van der Waals surface area contributed by atoms with Gasteiger partial charge in [0.05, 0.1) is 12.2 Å². The van der Waals surface area contributed by atoms with E-state index in [-0.39, 0.29) is 11.5 Å². The molecule has 1 amide bonds. The first-order chi connectivity index (χ1) is 11.0. The predicted octanol–water partition coefficient (Wildman–Crippen LogP) is 1.30. The number of hydrogen-bond donors (Lipinski definition) is 0. The molecular formula is C17H24N4O2. The van der Waals surface area contributed by atoms with E-state index in [2.05, 4.69) is 4.98 Å². The molecule has 2 aromatic heterocycles. The van der Waals surface area contributed by atoms with Crippen molar-refractivity contribution in [2.24, 2.45) is 0 Å². The SMILES string of the molecule is CCN(CC)C(=O)CN(C)Cc1cc(=O)n2c(C)cccc2n1. The molecule has 0 radical (unpaired) electrons. The number of aromatic nitrogens is 2. The number of hydrogen-bond acceptors (Lipinski definition) is 4. The summed E-state index contributed by atoms with van der Waals surface area (Å²) >= 11 is 0. The number of aryl methyl sites for hydroxylation is 1. The average Bonchev–Trinajstić information content (AvgIpc) is 2.47. The summed E-state index contributed by atoms with van der Waals surface area (Å²) in [7, 11) is 1.86. The van der Waals surface area contributed by atoms with Gasteiger partial charge in [0.1, 0.15) is 5.65 Å². The second kappa shape index (κ2) is 7.37. The van der Waals surface area contributed by atoms with E-state index >= 15 is 0 Å². The number of amides is 1. The highest BCUT2D eigenvalue weighted by molar-refractivity contribution is 5.78. The van der Waals surface area contributed by atoms with Gasteiger partial charge >= 0.3 is 0 Å². The lowest BCUT2D eigenvalue weighted by molar-refractivity contribution is -0.131. The van der Waals surface area contributed by atoms with E-state index in [1.165, 1.54) is 0 Å². The van der Waals surface area contributed by atoms with Crippen LogP contribution in [0.2, 0.25) is 0 Å². The summed E-state index contributed by atoms with van der Waals surface area (Å²) < 4.78 is 1.59. The van der Waals surface area contributed by atoms with Crippen molar-refractivity contribution in [1.29, 1.82) is 0 Å². The van der Waals surface area contributed by atoms with Crippen LogP contribution in [0.15, 0.2) is 29.1 Å². The second-order valence-electron chi connectivity index (χ2n) is 5.68. The maximum atomic E-state index is 12.3. The van der Waals surface area contributed by atoms with E-state index < -0.39 is 0 Å². The Morgan fingerprint density at radius 2 is 1.96 bits per heavy atom. The normalized spacial score (nSPS) is 11.2. The summed E-state index contributed by atoms with van der Waals surface area (Å²) in [5.41, 5.74) is 2.08. The molecule has 0 N–H and O–H groups in total. The fourth-order valence-electron chi connectivity index (χ4n) is 2.68. The summed E-state index contributed by atoms with van der Waals surface area (Å²) in [5, 5.41) is 0. The molecule has 0 fully saturated rings. The van der Waals surface area contributed by atoms with E-state index in [1.807, 2.05) is 50.9 Å². The first-order valence-electron chi connectivity index (χ1n) is 7.90. The maximum Gasteiger partial charge on any atom is 0.258 e. The molecule has 2 heterocycles. The van der Waals surface area contributed by atoms with Crippen LogP contribution in [-0.4, -0.2) is 51.8 Å². The Hall–Kier alpha value is -2.21. The molecule has 124 valence electrons. The van der Waals surface area contributed by atoms with Crippen molar-refractivity contribution in [2.45, 2.75) is 27.3 Å². The second-order valence-corrected chi connectivity index (χ2v) is 5.68. The Labute approximate surface area is 136 Å². The van der Waals surface area contributed by atoms with E-state index in [1.54, 1.807) is 15.4 Å². The minimum Gasteiger partial charge on any atom is -0.342 e. The third-order valence-corrected chi connectivity index (χ3v) is 3.89. The highest BCUT2D eigenvalue weighted by atomic mass is 16.2. The molecular weight excluding hydrogens is 292 g/mol. The molecule has 6 heteroatoms. The molecule has 0 unspecified atom stereocenters. The third-order valence-electron chi connectivity index (χ3n) is 3.89. The molecule has 0 aliphatic heterocycles. The first-order valence-corrected chi connectivity index (χ1v) is 7.90. The highest BCUT2D eigenvalue weighted by Gasteiger charge is 2.13. The fraction of sp³-hybridized carbons (Fsp3) is 0.471. The van der Waals surface area contributed by atoms with E-state index in [0.717, 1.165) is 5.69 Å². The number of likely N-dealkylation sites (N-methyl/N-ethyl adjacent to an activating group) is 2. The van der Waals surface area contributed by atoms with E-state index in [4.69, 9.17) is 0 Å². The Bertz CT molecular complexity index is 750. The fourth-order valence-corrected chi connectivity index (χ4v) is 2.68. The number of pyridine rings is 1. The van der Waals surface area contributed by atoms with Crippen LogP contribution in [0.25, 0.3) is 5.65 Å². The van der Waals surface area contributed by atoms with Gasteiger partial charge in [-0.15, -0.1) is 0 Å². The zero-order valence-electron chi connectivity index (χ0n) is 14.2. The summed E-state index contributed by atoms with van der Waals surface area (Å²) in [6.45, 7) is 8.01. The smallest absolute Gasteiger partial charge is 0.258 e. The number of nitrogens with zero attached hydrogens (tertiary/aromatic N) is 4. The molecule has 23 heavy (non-hydrogen) atoms. The van der Waals surface area contributed by atoms with Crippen molar-refractivity contribution in [2.75, 3.05) is 26.7 Å². The number of carbonyl (C=O) groups is 1. The monoisotopic (exact) mass is 316 g/mol. The Balaban J connectivity index is 2.16. The molecule has 0 bridgehead atoms. The lowest BCUT2D eigenvalue weighted by atomic mass is 10.3. The van der Waals surface area contributed by atoms with Crippen LogP contribution in [0.3, 0.4) is 0 Å². The summed E-state index contributed by atoms with van der Waals surface area (Å²) in [6, 6.07) is 7.12. The molecule has 2 rings (SSSR count). The number of rotatable bonds is 6. The van der Waals surface area contributed by atoms with Crippen molar-refractivity contribution >= 4 is 11.6 Å². The van der Waals surface area contributed by atoms with Crippen LogP contribution in [0.1, 0.15) is 25.2 Å². The maximum absolute atomic E-state index is 12.3. The zero-order chi connectivity index (χ0) is 17.0. The van der Waals surface area contributed by atoms with Gasteiger partial charge in [0.15, 0.2) is 0 Å². The van der Waals surface area contributed by atoms with Gasteiger partial charge < -0.3 is 4.90 Å². The Morgan fingerprint density at radius 1 is 1.26 bits per heavy atom. The molecule has 0 atom stereocenters. The van der Waals surface area contributed by atoms with Gasteiger partial charge in [0.25, 0.3) is 5.56 Å².